The summed E-state index contributed by atoms with van der Waals surface area (Å²) in [7, 11) is -3.34. The van der Waals surface area contributed by atoms with E-state index in [0.717, 1.165) is 55.7 Å². The highest BCUT2D eigenvalue weighted by molar-refractivity contribution is 7.86. The normalized spacial score (nSPS) is 23.9. The van der Waals surface area contributed by atoms with E-state index in [0.29, 0.717) is 32.1 Å². The molecule has 0 atom stereocenters. The van der Waals surface area contributed by atoms with Gasteiger partial charge in [-0.3, -0.25) is 0 Å². The summed E-state index contributed by atoms with van der Waals surface area (Å²) in [5.41, 5.74) is 1.90. The van der Waals surface area contributed by atoms with Crippen molar-refractivity contribution in [3.05, 3.63) is 23.7 Å². The fourth-order valence-electron chi connectivity index (χ4n) is 4.45. The van der Waals surface area contributed by atoms with Gasteiger partial charge in [0.2, 0.25) is 0 Å². The van der Waals surface area contributed by atoms with Crippen LogP contribution < -0.4 is 0 Å². The van der Waals surface area contributed by atoms with Gasteiger partial charge in [-0.1, -0.05) is 12.8 Å². The molecular formula is C19H28N6O2S. The fourth-order valence-corrected chi connectivity index (χ4v) is 6.17. The van der Waals surface area contributed by atoms with Crippen LogP contribution in [0, 0.1) is 0 Å². The van der Waals surface area contributed by atoms with Gasteiger partial charge in [0.05, 0.1) is 5.69 Å². The van der Waals surface area contributed by atoms with Gasteiger partial charge >= 0.3 is 0 Å². The first-order chi connectivity index (χ1) is 13.6. The third-order valence-electron chi connectivity index (χ3n) is 6.34. The van der Waals surface area contributed by atoms with Crippen molar-refractivity contribution >= 4 is 15.9 Å². The van der Waals surface area contributed by atoms with Gasteiger partial charge in [-0.2, -0.15) is 26.6 Å². The van der Waals surface area contributed by atoms with Crippen LogP contribution >= 0.6 is 0 Å². The van der Waals surface area contributed by atoms with Crippen LogP contribution in [0.5, 0.6) is 0 Å². The molecule has 2 aliphatic heterocycles. The van der Waals surface area contributed by atoms with Crippen LogP contribution in [-0.4, -0.2) is 63.0 Å². The molecule has 0 N–H and O–H groups in total. The molecule has 0 spiro atoms. The smallest absolute Gasteiger partial charge is 0.197 e. The summed E-state index contributed by atoms with van der Waals surface area (Å²) >= 11 is 0. The molecule has 8 nitrogen and oxygen atoms in total. The van der Waals surface area contributed by atoms with Crippen molar-refractivity contribution in [3.63, 3.8) is 0 Å². The predicted octanol–water partition coefficient (Wildman–Crippen LogP) is 2.30. The molecule has 4 heterocycles. The summed E-state index contributed by atoms with van der Waals surface area (Å²) in [5, 5.41) is 13.5. The quantitative estimate of drug-likeness (QED) is 0.781. The summed E-state index contributed by atoms with van der Waals surface area (Å²) in [6.07, 6.45) is 8.15. The van der Waals surface area contributed by atoms with Crippen molar-refractivity contribution in [3.8, 4) is 0 Å². The molecule has 2 aromatic heterocycles. The maximum absolute atomic E-state index is 13.0. The van der Waals surface area contributed by atoms with E-state index >= 15 is 0 Å². The first-order valence-electron chi connectivity index (χ1n) is 10.6. The molecule has 5 rings (SSSR count). The highest BCUT2D eigenvalue weighted by Gasteiger charge is 2.35. The van der Waals surface area contributed by atoms with Gasteiger partial charge in [-0.15, -0.1) is 10.2 Å². The largest absolute Gasteiger partial charge is 0.281 e. The molecule has 3 aliphatic rings. The van der Waals surface area contributed by atoms with Crippen molar-refractivity contribution in [1.29, 1.82) is 0 Å². The van der Waals surface area contributed by atoms with Gasteiger partial charge in [0.25, 0.3) is 10.2 Å². The van der Waals surface area contributed by atoms with E-state index in [4.69, 9.17) is 5.10 Å². The molecule has 1 saturated carbocycles. The highest BCUT2D eigenvalue weighted by Crippen LogP contribution is 2.39. The van der Waals surface area contributed by atoms with Crippen molar-refractivity contribution in [2.75, 3.05) is 26.2 Å². The Morgan fingerprint density at radius 3 is 2.14 bits per heavy atom. The summed E-state index contributed by atoms with van der Waals surface area (Å²) in [5.74, 6) is 1.66. The summed E-state index contributed by atoms with van der Waals surface area (Å²) in [6.45, 7) is 2.40. The molecule has 3 fully saturated rings. The zero-order valence-electron chi connectivity index (χ0n) is 16.2. The first-order valence-corrected chi connectivity index (χ1v) is 12.0. The van der Waals surface area contributed by atoms with Gasteiger partial charge < -0.3 is 0 Å². The van der Waals surface area contributed by atoms with E-state index in [1.165, 1.54) is 12.8 Å². The molecule has 0 unspecified atom stereocenters. The van der Waals surface area contributed by atoms with Crippen LogP contribution in [0.25, 0.3) is 5.65 Å². The number of hydrogen-bond donors (Lipinski definition) is 0. The zero-order chi connectivity index (χ0) is 19.1. The molecule has 2 aromatic rings. The minimum Gasteiger partial charge on any atom is -0.197 e. The lowest BCUT2D eigenvalue weighted by atomic mass is 9.97. The maximum atomic E-state index is 13.0. The summed E-state index contributed by atoms with van der Waals surface area (Å²) in [4.78, 5) is 0. The van der Waals surface area contributed by atoms with E-state index in [1.807, 2.05) is 10.6 Å². The monoisotopic (exact) mass is 404 g/mol. The summed E-state index contributed by atoms with van der Waals surface area (Å²) < 4.78 is 31.3. The Morgan fingerprint density at radius 1 is 0.786 bits per heavy atom. The van der Waals surface area contributed by atoms with Crippen LogP contribution in [-0.2, 0) is 10.2 Å². The maximum Gasteiger partial charge on any atom is 0.281 e. The average molecular weight is 405 g/mol. The minimum atomic E-state index is -3.34. The Morgan fingerprint density at radius 2 is 1.46 bits per heavy atom. The van der Waals surface area contributed by atoms with Gasteiger partial charge in [-0.25, -0.2) is 0 Å². The third kappa shape index (κ3) is 3.44. The molecular weight excluding hydrogens is 376 g/mol. The highest BCUT2D eigenvalue weighted by atomic mass is 32.2. The second kappa shape index (κ2) is 7.35. The van der Waals surface area contributed by atoms with Crippen LogP contribution in [0.15, 0.2) is 12.1 Å². The predicted molar refractivity (Wildman–Crippen MR) is 105 cm³/mol. The van der Waals surface area contributed by atoms with Crippen LogP contribution in [0.2, 0.25) is 0 Å². The molecule has 9 heteroatoms. The van der Waals surface area contributed by atoms with E-state index < -0.39 is 10.2 Å². The molecule has 152 valence electrons. The van der Waals surface area contributed by atoms with Crippen molar-refractivity contribution in [1.82, 2.24) is 28.4 Å². The van der Waals surface area contributed by atoms with Crippen molar-refractivity contribution < 1.29 is 8.42 Å². The Balaban J connectivity index is 1.30. The topological polar surface area (TPSA) is 83.7 Å². The Bertz CT molecular complexity index is 938. The molecule has 28 heavy (non-hydrogen) atoms. The van der Waals surface area contributed by atoms with E-state index in [-0.39, 0.29) is 5.92 Å². The number of nitrogens with zero attached hydrogens (tertiary/aromatic N) is 6. The van der Waals surface area contributed by atoms with E-state index in [9.17, 15) is 8.42 Å². The lowest BCUT2D eigenvalue weighted by Crippen LogP contribution is -2.47. The second-order valence-electron chi connectivity index (χ2n) is 8.36. The van der Waals surface area contributed by atoms with E-state index in [1.54, 1.807) is 8.61 Å². The minimum absolute atomic E-state index is 0.201. The Kier molecular flexibility index (Phi) is 4.84. The molecule has 0 aromatic carbocycles. The SMILES string of the molecule is O=S(=O)(N1CCCCCC1)N1CCC(c2nnc3ccc(C4CC4)nn23)CC1. The van der Waals surface area contributed by atoms with Gasteiger partial charge in [-0.05, 0) is 50.7 Å². The third-order valence-corrected chi connectivity index (χ3v) is 8.38. The lowest BCUT2D eigenvalue weighted by Gasteiger charge is -2.34. The van der Waals surface area contributed by atoms with Crippen LogP contribution in [0.3, 0.4) is 0 Å². The molecule has 1 aliphatic carbocycles. The molecule has 0 bridgehead atoms. The van der Waals surface area contributed by atoms with Gasteiger partial charge in [0, 0.05) is 38.0 Å². The van der Waals surface area contributed by atoms with Crippen molar-refractivity contribution in [2.24, 2.45) is 0 Å². The Hall–Kier alpha value is -1.58. The average Bonchev–Trinajstić information content (AvgIpc) is 3.52. The van der Waals surface area contributed by atoms with Crippen molar-refractivity contribution in [2.45, 2.75) is 63.2 Å². The second-order valence-corrected chi connectivity index (χ2v) is 10.3. The Labute approximate surface area is 166 Å². The lowest BCUT2D eigenvalue weighted by molar-refractivity contribution is 0.282. The number of piperidine rings is 1. The molecule has 2 saturated heterocycles. The van der Waals surface area contributed by atoms with Gasteiger partial charge in [0.15, 0.2) is 11.5 Å². The number of fused-ring (bicyclic) bond motifs is 1. The number of hydrogen-bond acceptors (Lipinski definition) is 5. The first kappa shape index (κ1) is 18.4. The number of aromatic nitrogens is 4. The number of rotatable bonds is 4. The standard InChI is InChI=1S/C19H28N6O2S/c26-28(27,23-11-3-1-2-4-12-23)24-13-9-16(10-14-24)19-21-20-18-8-7-17(15-5-6-15)22-25(18)19/h7-8,15-16H,1-6,9-14H2. The van der Waals surface area contributed by atoms with Crippen LogP contribution in [0.4, 0.5) is 0 Å². The molecule has 0 amide bonds. The van der Waals surface area contributed by atoms with Gasteiger partial charge in [0.1, 0.15) is 0 Å². The zero-order valence-corrected chi connectivity index (χ0v) is 17.0. The summed E-state index contributed by atoms with van der Waals surface area (Å²) in [6, 6.07) is 4.05. The van der Waals surface area contributed by atoms with Crippen LogP contribution in [0.1, 0.15) is 74.7 Å². The fraction of sp³-hybridized carbons (Fsp3) is 0.737. The van der Waals surface area contributed by atoms with E-state index in [2.05, 4.69) is 16.3 Å². The molecule has 0 radical (unpaired) electrons.